The Morgan fingerprint density at radius 2 is 1.15 bits per heavy atom. The quantitative estimate of drug-likeness (QED) is 0.0735. The van der Waals surface area contributed by atoms with Crippen molar-refractivity contribution >= 4 is 39.6 Å². The first-order chi connectivity index (χ1) is 23.4. The summed E-state index contributed by atoms with van der Waals surface area (Å²) in [6.07, 6.45) is 10.2. The minimum absolute atomic E-state index is 0.106. The number of benzene rings is 4. The number of hydrogen-bond donors (Lipinski definition) is 0. The topological polar surface area (TPSA) is 83.5 Å². The molecule has 0 atom stereocenters. The van der Waals surface area contributed by atoms with Gasteiger partial charge in [-0.25, -0.2) is 0 Å². The molecule has 2 aliphatic carbocycles. The van der Waals surface area contributed by atoms with Crippen LogP contribution in [0.25, 0.3) is 27.6 Å². The minimum Gasteiger partial charge on any atom is -0.493 e. The summed E-state index contributed by atoms with van der Waals surface area (Å²) in [5.74, 6) is 1.70. The number of carbonyl (C=O) groups is 2. The molecule has 48 heavy (non-hydrogen) atoms. The Labute approximate surface area is 282 Å². The van der Waals surface area contributed by atoms with Crippen LogP contribution in [0.3, 0.4) is 0 Å². The molecule has 4 aromatic carbocycles. The van der Waals surface area contributed by atoms with E-state index in [0.717, 1.165) is 78.5 Å². The van der Waals surface area contributed by atoms with Gasteiger partial charge < -0.3 is 28.6 Å². The highest BCUT2D eigenvalue weighted by Gasteiger charge is 2.35. The Kier molecular flexibility index (Phi) is 10.5. The third-order valence-corrected chi connectivity index (χ3v) is 10.3. The number of esters is 2. The second-order valence-corrected chi connectivity index (χ2v) is 12.9. The highest BCUT2D eigenvalue weighted by Crippen LogP contribution is 2.40. The van der Waals surface area contributed by atoms with Crippen LogP contribution >= 0.6 is 0 Å². The number of ether oxygens (including phenoxy) is 5. The van der Waals surface area contributed by atoms with Crippen LogP contribution in [0.15, 0.2) is 73.0 Å². The molecule has 0 aromatic heterocycles. The van der Waals surface area contributed by atoms with Crippen molar-refractivity contribution in [3.63, 3.8) is 0 Å². The SMILES string of the molecule is COc1cc(/C=C/OC(=O)C2CCC(N(C)C3CCC(C(=O)Oc4c5ccccc5cc5ccccc45)CC3)CC2)cc(OC)c1OC. The molecule has 0 radical (unpaired) electrons. The predicted octanol–water partition coefficient (Wildman–Crippen LogP) is 8.19. The molecule has 0 saturated heterocycles. The number of hydrogen-bond acceptors (Lipinski definition) is 8. The van der Waals surface area contributed by atoms with Gasteiger partial charge in [-0.2, -0.15) is 0 Å². The molecule has 0 N–H and O–H groups in total. The lowest BCUT2D eigenvalue weighted by atomic mass is 9.82. The molecule has 2 aliphatic rings. The zero-order valence-electron chi connectivity index (χ0n) is 28.3. The lowest BCUT2D eigenvalue weighted by Crippen LogP contribution is -2.45. The van der Waals surface area contributed by atoms with Crippen LogP contribution in [0.4, 0.5) is 0 Å². The molecule has 0 heterocycles. The molecule has 0 aliphatic heterocycles. The van der Waals surface area contributed by atoms with E-state index >= 15 is 0 Å². The first kappa shape index (κ1) is 33.3. The Balaban J connectivity index is 0.982. The summed E-state index contributed by atoms with van der Waals surface area (Å²) in [5.41, 5.74) is 0.771. The summed E-state index contributed by atoms with van der Waals surface area (Å²) < 4.78 is 27.9. The average molecular weight is 652 g/mol. The van der Waals surface area contributed by atoms with E-state index < -0.39 is 0 Å². The van der Waals surface area contributed by atoms with Crippen LogP contribution in [0, 0.1) is 11.8 Å². The van der Waals surface area contributed by atoms with E-state index in [-0.39, 0.29) is 23.8 Å². The number of nitrogens with zero attached hydrogens (tertiary/aromatic N) is 1. The zero-order valence-corrected chi connectivity index (χ0v) is 28.3. The standard InChI is InChI=1S/C40H45NO7/c1-41(31-17-13-27(14-18-31)39(42)47-22-21-26-23-35(44-2)38(46-4)36(24-26)45-3)32-19-15-28(16-20-32)40(43)48-37-33-11-7-5-9-29(33)25-30-10-6-8-12-34(30)37/h5-12,21-25,27-28,31-32H,13-20H2,1-4H3/b22-21+. The maximum atomic E-state index is 13.5. The molecule has 2 fully saturated rings. The predicted molar refractivity (Wildman–Crippen MR) is 188 cm³/mol. The lowest BCUT2D eigenvalue weighted by Gasteiger charge is -2.41. The largest absolute Gasteiger partial charge is 0.493 e. The Hall–Kier alpha value is -4.56. The monoisotopic (exact) mass is 651 g/mol. The summed E-state index contributed by atoms with van der Waals surface area (Å²) in [6, 6.07) is 22.8. The fraction of sp³-hybridized carbons (Fsp3) is 0.400. The van der Waals surface area contributed by atoms with Crippen molar-refractivity contribution in [2.45, 2.75) is 63.5 Å². The molecule has 2 saturated carbocycles. The lowest BCUT2D eigenvalue weighted by molar-refractivity contribution is -0.144. The molecule has 6 rings (SSSR count). The van der Waals surface area contributed by atoms with Gasteiger partial charge in [0.1, 0.15) is 5.75 Å². The smallest absolute Gasteiger partial charge is 0.314 e. The van der Waals surface area contributed by atoms with Crippen molar-refractivity contribution in [2.75, 3.05) is 28.4 Å². The molecule has 0 unspecified atom stereocenters. The van der Waals surface area contributed by atoms with E-state index in [4.69, 9.17) is 23.7 Å². The van der Waals surface area contributed by atoms with Gasteiger partial charge in [-0.15, -0.1) is 0 Å². The van der Waals surface area contributed by atoms with E-state index in [9.17, 15) is 9.59 Å². The molecule has 0 amide bonds. The molecule has 252 valence electrons. The molecule has 4 aromatic rings. The summed E-state index contributed by atoms with van der Waals surface area (Å²) >= 11 is 0. The van der Waals surface area contributed by atoms with Gasteiger partial charge in [-0.05, 0) is 99.0 Å². The number of methoxy groups -OCH3 is 3. The fourth-order valence-electron chi connectivity index (χ4n) is 7.47. The second-order valence-electron chi connectivity index (χ2n) is 12.9. The van der Waals surface area contributed by atoms with Gasteiger partial charge in [0.25, 0.3) is 0 Å². The summed E-state index contributed by atoms with van der Waals surface area (Å²) in [5, 5.41) is 4.07. The number of carbonyl (C=O) groups excluding carboxylic acids is 2. The number of fused-ring (bicyclic) bond motifs is 2. The second kappa shape index (κ2) is 15.1. The van der Waals surface area contributed by atoms with Crippen molar-refractivity contribution in [1.82, 2.24) is 4.90 Å². The van der Waals surface area contributed by atoms with Gasteiger partial charge >= 0.3 is 11.9 Å². The van der Waals surface area contributed by atoms with E-state index in [1.807, 2.05) is 36.4 Å². The van der Waals surface area contributed by atoms with Crippen molar-refractivity contribution in [3.8, 4) is 23.0 Å². The number of rotatable bonds is 10. The molecular formula is C40H45NO7. The summed E-state index contributed by atoms with van der Waals surface area (Å²) in [6.45, 7) is 0. The van der Waals surface area contributed by atoms with E-state index in [1.54, 1.807) is 39.5 Å². The van der Waals surface area contributed by atoms with Crippen molar-refractivity contribution in [3.05, 3.63) is 78.6 Å². The molecular weight excluding hydrogens is 606 g/mol. The van der Waals surface area contributed by atoms with Gasteiger partial charge in [0, 0.05) is 22.9 Å². The van der Waals surface area contributed by atoms with E-state index in [2.05, 4.69) is 30.1 Å². The third kappa shape index (κ3) is 7.14. The van der Waals surface area contributed by atoms with Gasteiger partial charge in [0.05, 0.1) is 39.4 Å². The van der Waals surface area contributed by atoms with Crippen LogP contribution in [0.1, 0.15) is 56.9 Å². The van der Waals surface area contributed by atoms with Crippen molar-refractivity contribution < 1.29 is 33.3 Å². The van der Waals surface area contributed by atoms with Crippen LogP contribution in [0.2, 0.25) is 0 Å². The third-order valence-electron chi connectivity index (χ3n) is 10.3. The maximum Gasteiger partial charge on any atom is 0.314 e. The van der Waals surface area contributed by atoms with Gasteiger partial charge in [0.15, 0.2) is 11.5 Å². The highest BCUT2D eigenvalue weighted by atomic mass is 16.5. The first-order valence-electron chi connectivity index (χ1n) is 16.9. The van der Waals surface area contributed by atoms with Crippen LogP contribution in [-0.2, 0) is 14.3 Å². The van der Waals surface area contributed by atoms with Gasteiger partial charge in [-0.3, -0.25) is 9.59 Å². The van der Waals surface area contributed by atoms with Crippen LogP contribution in [0.5, 0.6) is 23.0 Å². The van der Waals surface area contributed by atoms with Crippen molar-refractivity contribution in [1.29, 1.82) is 0 Å². The molecule has 8 nitrogen and oxygen atoms in total. The van der Waals surface area contributed by atoms with E-state index in [0.29, 0.717) is 35.1 Å². The molecule has 0 spiro atoms. The Morgan fingerprint density at radius 1 is 0.646 bits per heavy atom. The Morgan fingerprint density at radius 3 is 1.65 bits per heavy atom. The zero-order chi connectivity index (χ0) is 33.6. The van der Waals surface area contributed by atoms with Crippen LogP contribution < -0.4 is 18.9 Å². The maximum absolute atomic E-state index is 13.5. The van der Waals surface area contributed by atoms with Gasteiger partial charge in [0.2, 0.25) is 5.75 Å². The van der Waals surface area contributed by atoms with Gasteiger partial charge in [-0.1, -0.05) is 48.5 Å². The minimum atomic E-state index is -0.196. The molecule has 0 bridgehead atoms. The summed E-state index contributed by atoms with van der Waals surface area (Å²) in [7, 11) is 6.89. The van der Waals surface area contributed by atoms with Crippen molar-refractivity contribution in [2.24, 2.45) is 11.8 Å². The molecule has 8 heteroatoms. The first-order valence-corrected chi connectivity index (χ1v) is 16.9. The Bertz CT molecular complexity index is 1700. The summed E-state index contributed by atoms with van der Waals surface area (Å²) in [4.78, 5) is 28.9. The fourth-order valence-corrected chi connectivity index (χ4v) is 7.47. The van der Waals surface area contributed by atoms with Crippen LogP contribution in [-0.4, -0.2) is 57.3 Å². The average Bonchev–Trinajstić information content (AvgIpc) is 3.14. The highest BCUT2D eigenvalue weighted by molar-refractivity contribution is 6.06. The normalized spacial score (nSPS) is 21.4. The van der Waals surface area contributed by atoms with E-state index in [1.165, 1.54) is 6.26 Å².